The van der Waals surface area contributed by atoms with E-state index in [1.165, 1.54) is 0 Å². The summed E-state index contributed by atoms with van der Waals surface area (Å²) in [5.74, 6) is 1.10. The molecule has 248 valence electrons. The van der Waals surface area contributed by atoms with Gasteiger partial charge in [0.2, 0.25) is 0 Å². The van der Waals surface area contributed by atoms with E-state index in [0.29, 0.717) is 35.7 Å². The van der Waals surface area contributed by atoms with Gasteiger partial charge in [0.25, 0.3) is 0 Å². The Hall–Kier alpha value is -1.34. The fourth-order valence-electron chi connectivity index (χ4n) is 6.03. The molecule has 1 aromatic heterocycles. The van der Waals surface area contributed by atoms with E-state index in [9.17, 15) is 4.21 Å². The minimum atomic E-state index is -3.07. The maximum atomic E-state index is 17.0. The molecule has 7 nitrogen and oxygen atoms in total. The van der Waals surface area contributed by atoms with Crippen LogP contribution in [-0.4, -0.2) is 69.3 Å². The van der Waals surface area contributed by atoms with Gasteiger partial charge in [0.05, 0.1) is 33.7 Å². The Bertz CT molecular complexity index is 1450. The van der Waals surface area contributed by atoms with Gasteiger partial charge in [0.1, 0.15) is 31.8 Å². The molecule has 0 bridgehead atoms. The third-order valence-corrected chi connectivity index (χ3v) is 20.0. The number of rotatable bonds is 13. The van der Waals surface area contributed by atoms with E-state index in [4.69, 9.17) is 18.8 Å². The zero-order valence-electron chi connectivity index (χ0n) is 27.9. The monoisotopic (exact) mass is 731 g/mol. The first-order valence-electron chi connectivity index (χ1n) is 15.5. The molecule has 0 saturated carbocycles. The van der Waals surface area contributed by atoms with Gasteiger partial charge in [-0.05, 0) is 66.9 Å². The quantitative estimate of drug-likeness (QED) is 0.161. The topological polar surface area (TPSA) is 81.1 Å². The van der Waals surface area contributed by atoms with Crippen molar-refractivity contribution in [1.29, 1.82) is 0 Å². The number of pyridine rings is 1. The summed E-state index contributed by atoms with van der Waals surface area (Å²) in [7, 11) is -3.40. The Morgan fingerprint density at radius 3 is 2.30 bits per heavy atom. The molecule has 2 aromatic rings. The van der Waals surface area contributed by atoms with Crippen molar-refractivity contribution in [3.63, 3.8) is 0 Å². The molecular formula is C32H51BrFN3O4S2Si. The molecule has 1 aliphatic heterocycles. The van der Waals surface area contributed by atoms with Gasteiger partial charge in [0.15, 0.2) is 0 Å². The SMILES string of the molecule is CC[Si](CC)(CC)c1cc(Br)nc([C@@](C)(C[S@](=O)C(C)(C)C)CS2(=O)=NCCCCN2Cc2ccc(OC)cc2OC)c1F. The number of methoxy groups -OCH3 is 2. The van der Waals surface area contributed by atoms with Crippen LogP contribution in [-0.2, 0) is 32.7 Å². The molecule has 0 radical (unpaired) electrons. The van der Waals surface area contributed by atoms with Gasteiger partial charge in [-0.2, -0.15) is 0 Å². The second-order valence-corrected chi connectivity index (χ2v) is 23.5. The van der Waals surface area contributed by atoms with Crippen LogP contribution in [0.5, 0.6) is 11.5 Å². The fourth-order valence-corrected chi connectivity index (χ4v) is 14.4. The number of ether oxygens (including phenoxy) is 2. The second-order valence-electron chi connectivity index (χ2n) is 13.0. The van der Waals surface area contributed by atoms with Crippen LogP contribution in [0.1, 0.15) is 72.6 Å². The predicted octanol–water partition coefficient (Wildman–Crippen LogP) is 7.20. The van der Waals surface area contributed by atoms with E-state index in [1.54, 1.807) is 14.2 Å². The number of nitrogens with zero attached hydrogens (tertiary/aromatic N) is 3. The first-order chi connectivity index (χ1) is 20.6. The standard InChI is InChI=1S/C32H51BrFN3O4S2Si/c1-10-44(11-2,12-3)27-20-28(33)36-30(29(27)34)32(7,22-42(38)31(4,5)6)23-43(39)35-17-13-14-18-37(43)21-24-15-16-25(40-8)19-26(24)41-9/h15-16,19-20H,10-14,17-18,21-23H2,1-9H3/t32-,42-,43?/m0/s1. The Balaban J connectivity index is 2.23. The summed E-state index contributed by atoms with van der Waals surface area (Å²) < 4.78 is 63.8. The average molecular weight is 733 g/mol. The molecule has 0 N–H and O–H groups in total. The zero-order valence-corrected chi connectivity index (χ0v) is 32.1. The molecule has 2 heterocycles. The third-order valence-electron chi connectivity index (χ3n) is 9.09. The lowest BCUT2D eigenvalue weighted by Crippen LogP contribution is -2.51. The van der Waals surface area contributed by atoms with E-state index < -0.39 is 39.0 Å². The van der Waals surface area contributed by atoms with E-state index in [0.717, 1.165) is 41.7 Å². The van der Waals surface area contributed by atoms with Crippen molar-refractivity contribution in [2.45, 2.75) is 96.1 Å². The summed E-state index contributed by atoms with van der Waals surface area (Å²) in [6.45, 7) is 15.4. The summed E-state index contributed by atoms with van der Waals surface area (Å²) in [5, 5.41) is 0.738. The van der Waals surface area contributed by atoms with Crippen LogP contribution in [0.15, 0.2) is 33.2 Å². The molecule has 1 aliphatic rings. The fraction of sp³-hybridized carbons (Fsp3) is 0.656. The van der Waals surface area contributed by atoms with Crippen molar-refractivity contribution in [3.05, 3.63) is 45.9 Å². The van der Waals surface area contributed by atoms with Gasteiger partial charge in [-0.1, -0.05) is 51.9 Å². The van der Waals surface area contributed by atoms with Crippen LogP contribution in [0.2, 0.25) is 18.1 Å². The van der Waals surface area contributed by atoms with Gasteiger partial charge >= 0.3 is 0 Å². The van der Waals surface area contributed by atoms with Crippen molar-refractivity contribution < 1.29 is 22.3 Å². The minimum Gasteiger partial charge on any atom is -0.497 e. The number of aromatic nitrogens is 1. The van der Waals surface area contributed by atoms with Crippen molar-refractivity contribution in [2.75, 3.05) is 38.8 Å². The zero-order chi connectivity index (χ0) is 32.9. The summed E-state index contributed by atoms with van der Waals surface area (Å²) in [5.41, 5.74) is -0.0314. The van der Waals surface area contributed by atoms with Crippen LogP contribution in [0.4, 0.5) is 4.39 Å². The molecule has 0 fully saturated rings. The maximum absolute atomic E-state index is 17.0. The third kappa shape index (κ3) is 8.13. The van der Waals surface area contributed by atoms with Crippen LogP contribution >= 0.6 is 15.9 Å². The molecule has 0 amide bonds. The maximum Gasteiger partial charge on any atom is 0.144 e. The van der Waals surface area contributed by atoms with Crippen LogP contribution in [0.25, 0.3) is 0 Å². The highest BCUT2D eigenvalue weighted by atomic mass is 79.9. The van der Waals surface area contributed by atoms with E-state index >= 15 is 8.60 Å². The molecule has 0 spiro atoms. The number of benzene rings is 1. The molecular weight excluding hydrogens is 681 g/mol. The predicted molar refractivity (Wildman–Crippen MR) is 188 cm³/mol. The Morgan fingerprint density at radius 2 is 1.73 bits per heavy atom. The molecule has 1 aromatic carbocycles. The largest absolute Gasteiger partial charge is 0.497 e. The lowest BCUT2D eigenvalue weighted by atomic mass is 9.90. The highest BCUT2D eigenvalue weighted by Crippen LogP contribution is 2.36. The smallest absolute Gasteiger partial charge is 0.144 e. The Kier molecular flexibility index (Phi) is 12.7. The summed E-state index contributed by atoms with van der Waals surface area (Å²) in [6, 6.07) is 10.2. The first-order valence-corrected chi connectivity index (χ1v) is 21.9. The molecule has 3 rings (SSSR count). The molecule has 44 heavy (non-hydrogen) atoms. The van der Waals surface area contributed by atoms with Gasteiger partial charge in [-0.3, -0.25) is 4.21 Å². The average Bonchev–Trinajstić information content (AvgIpc) is 3.15. The highest BCUT2D eigenvalue weighted by Gasteiger charge is 2.44. The lowest BCUT2D eigenvalue weighted by Gasteiger charge is -2.37. The number of halogens is 2. The summed E-state index contributed by atoms with van der Waals surface area (Å²) >= 11 is 3.60. The highest BCUT2D eigenvalue weighted by molar-refractivity contribution is 9.10. The van der Waals surface area contributed by atoms with E-state index in [2.05, 4.69) is 36.7 Å². The van der Waals surface area contributed by atoms with Gasteiger partial charge in [-0.15, -0.1) is 0 Å². The van der Waals surface area contributed by atoms with Crippen LogP contribution in [0, 0.1) is 5.82 Å². The first kappa shape index (κ1) is 37.1. The number of hydrogen-bond donors (Lipinski definition) is 0. The lowest BCUT2D eigenvalue weighted by molar-refractivity contribution is 0.376. The Morgan fingerprint density at radius 1 is 1.07 bits per heavy atom. The second kappa shape index (κ2) is 15.0. The van der Waals surface area contributed by atoms with Crippen molar-refractivity contribution in [2.24, 2.45) is 4.36 Å². The minimum absolute atomic E-state index is 0.0129. The molecule has 1 unspecified atom stereocenters. The number of hydrogen-bond acceptors (Lipinski definition) is 6. The molecule has 0 saturated heterocycles. The summed E-state index contributed by atoms with van der Waals surface area (Å²) in [4.78, 5) is 4.74. The van der Waals surface area contributed by atoms with Gasteiger partial charge < -0.3 is 9.47 Å². The van der Waals surface area contributed by atoms with Crippen molar-refractivity contribution in [3.8, 4) is 11.5 Å². The van der Waals surface area contributed by atoms with E-state index in [-0.39, 0.29) is 23.0 Å². The molecule has 0 aliphatic carbocycles. The Labute approximate surface area is 277 Å². The van der Waals surface area contributed by atoms with Crippen LogP contribution < -0.4 is 14.7 Å². The van der Waals surface area contributed by atoms with Gasteiger partial charge in [0, 0.05) is 58.0 Å². The van der Waals surface area contributed by atoms with E-state index in [1.807, 2.05) is 56.3 Å². The van der Waals surface area contributed by atoms with Gasteiger partial charge in [-0.25, -0.2) is 22.3 Å². The molecule has 3 atom stereocenters. The normalized spacial score (nSPS) is 20.3. The van der Waals surface area contributed by atoms with Crippen molar-refractivity contribution in [1.82, 2.24) is 9.29 Å². The molecule has 12 heteroatoms. The van der Waals surface area contributed by atoms with Crippen molar-refractivity contribution >= 4 is 49.9 Å². The van der Waals surface area contributed by atoms with Crippen LogP contribution in [0.3, 0.4) is 0 Å². The summed E-state index contributed by atoms with van der Waals surface area (Å²) in [6.07, 6.45) is 1.64.